The van der Waals surface area contributed by atoms with Crippen molar-refractivity contribution >= 4 is 12.0 Å². The summed E-state index contributed by atoms with van der Waals surface area (Å²) in [6, 6.07) is 7.93. The first-order valence-electron chi connectivity index (χ1n) is 5.75. The minimum atomic E-state index is -0.112. The number of amides is 1. The molecule has 92 valence electrons. The SMILES string of the molecule is Cc1ccccc1/C=C/C(=O)NCc1cn[nH]c1. The van der Waals surface area contributed by atoms with Crippen LogP contribution in [0.2, 0.25) is 0 Å². The highest BCUT2D eigenvalue weighted by atomic mass is 16.1. The molecular formula is C14H15N3O. The van der Waals surface area contributed by atoms with Crippen molar-refractivity contribution in [2.24, 2.45) is 0 Å². The van der Waals surface area contributed by atoms with Crippen molar-refractivity contribution in [1.29, 1.82) is 0 Å². The molecule has 2 aromatic rings. The van der Waals surface area contributed by atoms with Gasteiger partial charge < -0.3 is 5.32 Å². The third-order valence-electron chi connectivity index (χ3n) is 2.62. The third-order valence-corrected chi connectivity index (χ3v) is 2.62. The van der Waals surface area contributed by atoms with Crippen LogP contribution in [0.4, 0.5) is 0 Å². The van der Waals surface area contributed by atoms with Gasteiger partial charge in [0.2, 0.25) is 5.91 Å². The highest BCUT2D eigenvalue weighted by molar-refractivity contribution is 5.91. The second-order valence-electron chi connectivity index (χ2n) is 4.01. The van der Waals surface area contributed by atoms with Crippen LogP contribution in [0.25, 0.3) is 6.08 Å². The number of carbonyl (C=O) groups excluding carboxylic acids is 1. The van der Waals surface area contributed by atoms with Gasteiger partial charge in [-0.1, -0.05) is 24.3 Å². The van der Waals surface area contributed by atoms with Gasteiger partial charge >= 0.3 is 0 Å². The molecule has 2 N–H and O–H groups in total. The van der Waals surface area contributed by atoms with Crippen LogP contribution in [0.15, 0.2) is 42.7 Å². The lowest BCUT2D eigenvalue weighted by Gasteiger charge is -2.00. The number of rotatable bonds is 4. The molecule has 0 aliphatic rings. The number of H-pyrrole nitrogens is 1. The zero-order valence-electron chi connectivity index (χ0n) is 10.2. The van der Waals surface area contributed by atoms with E-state index in [0.29, 0.717) is 6.54 Å². The molecule has 0 aliphatic heterocycles. The number of nitrogens with one attached hydrogen (secondary N) is 2. The summed E-state index contributed by atoms with van der Waals surface area (Å²) in [5.41, 5.74) is 3.15. The lowest BCUT2D eigenvalue weighted by molar-refractivity contribution is -0.116. The average Bonchev–Trinajstić information content (AvgIpc) is 2.88. The van der Waals surface area contributed by atoms with Crippen molar-refractivity contribution in [1.82, 2.24) is 15.5 Å². The Morgan fingerprint density at radius 1 is 1.44 bits per heavy atom. The molecule has 0 aliphatic carbocycles. The molecule has 1 aromatic heterocycles. The van der Waals surface area contributed by atoms with Gasteiger partial charge in [0, 0.05) is 24.4 Å². The Bertz CT molecular complexity index is 544. The van der Waals surface area contributed by atoms with Gasteiger partial charge in [0.25, 0.3) is 0 Å². The van der Waals surface area contributed by atoms with Gasteiger partial charge in [-0.25, -0.2) is 0 Å². The van der Waals surface area contributed by atoms with E-state index in [4.69, 9.17) is 0 Å². The van der Waals surface area contributed by atoms with E-state index < -0.39 is 0 Å². The molecule has 18 heavy (non-hydrogen) atoms. The Balaban J connectivity index is 1.89. The van der Waals surface area contributed by atoms with Gasteiger partial charge in [0.15, 0.2) is 0 Å². The summed E-state index contributed by atoms with van der Waals surface area (Å²) in [5, 5.41) is 9.30. The van der Waals surface area contributed by atoms with E-state index in [2.05, 4.69) is 15.5 Å². The Hall–Kier alpha value is -2.36. The van der Waals surface area contributed by atoms with Crippen LogP contribution in [-0.4, -0.2) is 16.1 Å². The molecule has 4 nitrogen and oxygen atoms in total. The van der Waals surface area contributed by atoms with Crippen LogP contribution in [0.1, 0.15) is 16.7 Å². The van der Waals surface area contributed by atoms with Crippen molar-refractivity contribution in [3.8, 4) is 0 Å². The van der Waals surface area contributed by atoms with Crippen LogP contribution in [0, 0.1) is 6.92 Å². The van der Waals surface area contributed by atoms with Gasteiger partial charge in [0.1, 0.15) is 0 Å². The number of aromatic nitrogens is 2. The van der Waals surface area contributed by atoms with Crippen LogP contribution in [0.5, 0.6) is 0 Å². The number of aryl methyl sites for hydroxylation is 1. The number of hydrogen-bond donors (Lipinski definition) is 2. The van der Waals surface area contributed by atoms with E-state index in [1.54, 1.807) is 18.5 Å². The maximum atomic E-state index is 11.6. The summed E-state index contributed by atoms with van der Waals surface area (Å²) in [5.74, 6) is -0.112. The summed E-state index contributed by atoms with van der Waals surface area (Å²) < 4.78 is 0. The van der Waals surface area contributed by atoms with Crippen molar-refractivity contribution in [2.75, 3.05) is 0 Å². The van der Waals surface area contributed by atoms with E-state index in [1.165, 1.54) is 0 Å². The van der Waals surface area contributed by atoms with Crippen molar-refractivity contribution in [3.63, 3.8) is 0 Å². The van der Waals surface area contributed by atoms with E-state index in [1.807, 2.05) is 37.3 Å². The third kappa shape index (κ3) is 3.31. The van der Waals surface area contributed by atoms with Gasteiger partial charge in [-0.3, -0.25) is 9.89 Å². The standard InChI is InChI=1S/C14H15N3O/c1-11-4-2-3-5-13(11)6-7-14(18)15-8-12-9-16-17-10-12/h2-7,9-10H,8H2,1H3,(H,15,18)(H,16,17)/b7-6+. The van der Waals surface area contributed by atoms with Crippen LogP contribution in [-0.2, 0) is 11.3 Å². The minimum Gasteiger partial charge on any atom is -0.348 e. The zero-order chi connectivity index (χ0) is 12.8. The van der Waals surface area contributed by atoms with Gasteiger partial charge in [-0.15, -0.1) is 0 Å². The number of hydrogen-bond acceptors (Lipinski definition) is 2. The summed E-state index contributed by atoms with van der Waals surface area (Å²) >= 11 is 0. The molecular weight excluding hydrogens is 226 g/mol. The van der Waals surface area contributed by atoms with E-state index in [-0.39, 0.29) is 5.91 Å². The molecule has 1 heterocycles. The zero-order valence-corrected chi connectivity index (χ0v) is 10.2. The first-order chi connectivity index (χ1) is 8.75. The maximum absolute atomic E-state index is 11.6. The fourth-order valence-electron chi connectivity index (χ4n) is 1.56. The fourth-order valence-corrected chi connectivity index (χ4v) is 1.56. The van der Waals surface area contributed by atoms with Gasteiger partial charge in [0.05, 0.1) is 6.20 Å². The van der Waals surface area contributed by atoms with Crippen molar-refractivity contribution in [2.45, 2.75) is 13.5 Å². The number of carbonyl (C=O) groups is 1. The molecule has 0 bridgehead atoms. The average molecular weight is 241 g/mol. The van der Waals surface area contributed by atoms with E-state index in [9.17, 15) is 4.79 Å². The van der Waals surface area contributed by atoms with E-state index >= 15 is 0 Å². The molecule has 0 spiro atoms. The van der Waals surface area contributed by atoms with Crippen molar-refractivity contribution in [3.05, 3.63) is 59.4 Å². The van der Waals surface area contributed by atoms with Crippen LogP contribution in [0.3, 0.4) is 0 Å². The summed E-state index contributed by atoms with van der Waals surface area (Å²) in [6.45, 7) is 2.50. The molecule has 1 amide bonds. The highest BCUT2D eigenvalue weighted by Gasteiger charge is 1.98. The fraction of sp³-hybridized carbons (Fsp3) is 0.143. The highest BCUT2D eigenvalue weighted by Crippen LogP contribution is 2.08. The lowest BCUT2D eigenvalue weighted by atomic mass is 10.1. The molecule has 0 saturated heterocycles. The molecule has 0 fully saturated rings. The topological polar surface area (TPSA) is 57.8 Å². The Kier molecular flexibility index (Phi) is 3.91. The predicted molar refractivity (Wildman–Crippen MR) is 70.6 cm³/mol. The van der Waals surface area contributed by atoms with Crippen molar-refractivity contribution < 1.29 is 4.79 Å². The Morgan fingerprint density at radius 2 is 2.28 bits per heavy atom. The second-order valence-corrected chi connectivity index (χ2v) is 4.01. The lowest BCUT2D eigenvalue weighted by Crippen LogP contribution is -2.19. The second kappa shape index (κ2) is 5.82. The molecule has 0 radical (unpaired) electrons. The first-order valence-corrected chi connectivity index (χ1v) is 5.75. The first kappa shape index (κ1) is 12.1. The summed E-state index contributed by atoms with van der Waals surface area (Å²) in [6.07, 6.45) is 6.80. The monoisotopic (exact) mass is 241 g/mol. The molecule has 0 atom stereocenters. The van der Waals surface area contributed by atoms with Crippen LogP contribution < -0.4 is 5.32 Å². The Labute approximate surface area is 106 Å². The van der Waals surface area contributed by atoms with E-state index in [0.717, 1.165) is 16.7 Å². The Morgan fingerprint density at radius 3 is 3.00 bits per heavy atom. The normalized spacial score (nSPS) is 10.7. The number of nitrogens with zero attached hydrogens (tertiary/aromatic N) is 1. The number of benzene rings is 1. The molecule has 0 saturated carbocycles. The predicted octanol–water partition coefficient (Wildman–Crippen LogP) is 2.05. The largest absolute Gasteiger partial charge is 0.348 e. The quantitative estimate of drug-likeness (QED) is 0.805. The molecule has 4 heteroatoms. The summed E-state index contributed by atoms with van der Waals surface area (Å²) in [4.78, 5) is 11.6. The van der Waals surface area contributed by atoms with Gasteiger partial charge in [-0.05, 0) is 24.1 Å². The molecule has 2 rings (SSSR count). The molecule has 1 aromatic carbocycles. The number of aromatic amines is 1. The minimum absolute atomic E-state index is 0.112. The van der Waals surface area contributed by atoms with Gasteiger partial charge in [-0.2, -0.15) is 5.10 Å². The molecule has 0 unspecified atom stereocenters. The summed E-state index contributed by atoms with van der Waals surface area (Å²) in [7, 11) is 0. The smallest absolute Gasteiger partial charge is 0.244 e. The maximum Gasteiger partial charge on any atom is 0.244 e. The van der Waals surface area contributed by atoms with Crippen LogP contribution >= 0.6 is 0 Å².